The van der Waals surface area contributed by atoms with Crippen LogP contribution < -0.4 is 10.6 Å². The van der Waals surface area contributed by atoms with E-state index < -0.39 is 0 Å². The minimum Gasteiger partial charge on any atom is -0.399 e. The van der Waals surface area contributed by atoms with Gasteiger partial charge in [-0.25, -0.2) is 0 Å². The van der Waals surface area contributed by atoms with Crippen LogP contribution in [-0.2, 0) is 6.54 Å². The Labute approximate surface area is 109 Å². The van der Waals surface area contributed by atoms with Gasteiger partial charge < -0.3 is 10.6 Å². The Bertz CT molecular complexity index is 496. The quantitative estimate of drug-likeness (QED) is 0.884. The summed E-state index contributed by atoms with van der Waals surface area (Å²) >= 11 is 3.42. The highest BCUT2D eigenvalue weighted by Crippen LogP contribution is 2.18. The lowest BCUT2D eigenvalue weighted by Gasteiger charge is -2.19. The molecule has 1 heterocycles. The van der Waals surface area contributed by atoms with Crippen molar-refractivity contribution in [3.63, 3.8) is 0 Å². The van der Waals surface area contributed by atoms with Gasteiger partial charge in [0.15, 0.2) is 0 Å². The Morgan fingerprint density at radius 2 is 1.94 bits per heavy atom. The van der Waals surface area contributed by atoms with Crippen LogP contribution in [0.2, 0.25) is 0 Å². The molecule has 2 rings (SSSR count). The van der Waals surface area contributed by atoms with E-state index in [9.17, 15) is 0 Å². The van der Waals surface area contributed by atoms with Gasteiger partial charge >= 0.3 is 0 Å². The van der Waals surface area contributed by atoms with Crippen LogP contribution in [0.1, 0.15) is 5.56 Å². The van der Waals surface area contributed by atoms with Crippen molar-refractivity contribution < 1.29 is 0 Å². The highest BCUT2D eigenvalue weighted by molar-refractivity contribution is 9.10. The van der Waals surface area contributed by atoms with Crippen LogP contribution >= 0.6 is 15.9 Å². The standard InChI is InChI=1S/C13H14BrN3/c1-17(13-4-2-12(15)3-5-13)9-10-6-11(14)8-16-7-10/h2-8H,9,15H2,1H3. The van der Waals surface area contributed by atoms with Gasteiger partial charge in [-0.05, 0) is 51.8 Å². The van der Waals surface area contributed by atoms with Crippen LogP contribution in [0.4, 0.5) is 11.4 Å². The molecule has 0 saturated carbocycles. The van der Waals surface area contributed by atoms with Crippen molar-refractivity contribution >= 4 is 27.3 Å². The second-order valence-electron chi connectivity index (χ2n) is 3.96. The summed E-state index contributed by atoms with van der Waals surface area (Å²) in [5, 5.41) is 0. The number of anilines is 2. The molecule has 2 N–H and O–H groups in total. The smallest absolute Gasteiger partial charge is 0.0441 e. The molecule has 0 radical (unpaired) electrons. The number of nitrogens with two attached hydrogens (primary N) is 1. The van der Waals surface area contributed by atoms with Crippen molar-refractivity contribution in [3.8, 4) is 0 Å². The van der Waals surface area contributed by atoms with E-state index in [2.05, 4.69) is 31.9 Å². The Hall–Kier alpha value is -1.55. The Balaban J connectivity index is 2.11. The maximum atomic E-state index is 5.66. The monoisotopic (exact) mass is 291 g/mol. The van der Waals surface area contributed by atoms with Crippen LogP contribution in [0, 0.1) is 0 Å². The van der Waals surface area contributed by atoms with Gasteiger partial charge in [-0.3, -0.25) is 4.98 Å². The number of hydrogen-bond donors (Lipinski definition) is 1. The van der Waals surface area contributed by atoms with Gasteiger partial charge in [-0.1, -0.05) is 0 Å². The average molecular weight is 292 g/mol. The second kappa shape index (κ2) is 5.19. The largest absolute Gasteiger partial charge is 0.399 e. The molecule has 1 aromatic carbocycles. The molecule has 0 spiro atoms. The summed E-state index contributed by atoms with van der Waals surface area (Å²) in [4.78, 5) is 6.31. The molecule has 3 nitrogen and oxygen atoms in total. The van der Waals surface area contributed by atoms with Gasteiger partial charge in [0.25, 0.3) is 0 Å². The molecule has 0 bridgehead atoms. The Morgan fingerprint density at radius 3 is 2.59 bits per heavy atom. The summed E-state index contributed by atoms with van der Waals surface area (Å²) in [6.07, 6.45) is 3.66. The molecule has 0 aliphatic heterocycles. The molecule has 0 amide bonds. The molecule has 2 aromatic rings. The van der Waals surface area contributed by atoms with E-state index in [-0.39, 0.29) is 0 Å². The fourth-order valence-electron chi connectivity index (χ4n) is 1.64. The first-order valence-electron chi connectivity index (χ1n) is 5.31. The van der Waals surface area contributed by atoms with Crippen LogP contribution in [0.5, 0.6) is 0 Å². The number of benzene rings is 1. The number of nitrogens with zero attached hydrogens (tertiary/aromatic N) is 2. The van der Waals surface area contributed by atoms with Crippen LogP contribution in [0.25, 0.3) is 0 Å². The van der Waals surface area contributed by atoms with Gasteiger partial charge in [0.1, 0.15) is 0 Å². The zero-order valence-electron chi connectivity index (χ0n) is 9.60. The summed E-state index contributed by atoms with van der Waals surface area (Å²) in [5.41, 5.74) is 8.75. The summed E-state index contributed by atoms with van der Waals surface area (Å²) in [6.45, 7) is 0.816. The molecule has 0 fully saturated rings. The maximum absolute atomic E-state index is 5.66. The van der Waals surface area contributed by atoms with Gasteiger partial charge in [-0.2, -0.15) is 0 Å². The minimum absolute atomic E-state index is 0.784. The molecule has 0 saturated heterocycles. The number of nitrogen functional groups attached to an aromatic ring is 1. The van der Waals surface area contributed by atoms with Gasteiger partial charge in [0.05, 0.1) is 0 Å². The highest BCUT2D eigenvalue weighted by atomic mass is 79.9. The molecule has 0 atom stereocenters. The number of hydrogen-bond acceptors (Lipinski definition) is 3. The lowest BCUT2D eigenvalue weighted by molar-refractivity contribution is 0.914. The van der Waals surface area contributed by atoms with E-state index in [1.165, 1.54) is 5.56 Å². The van der Waals surface area contributed by atoms with Crippen molar-refractivity contribution in [2.24, 2.45) is 0 Å². The third-order valence-electron chi connectivity index (χ3n) is 2.52. The fourth-order valence-corrected chi connectivity index (χ4v) is 2.05. The maximum Gasteiger partial charge on any atom is 0.0441 e. The predicted molar refractivity (Wildman–Crippen MR) is 74.9 cm³/mol. The Morgan fingerprint density at radius 1 is 1.24 bits per heavy atom. The first kappa shape index (κ1) is 11.9. The van der Waals surface area contributed by atoms with Crippen molar-refractivity contribution in [1.82, 2.24) is 4.98 Å². The van der Waals surface area contributed by atoms with Crippen LogP contribution in [-0.4, -0.2) is 12.0 Å². The van der Waals surface area contributed by atoms with Crippen molar-refractivity contribution in [2.45, 2.75) is 6.54 Å². The van der Waals surface area contributed by atoms with Crippen LogP contribution in [0.3, 0.4) is 0 Å². The number of rotatable bonds is 3. The molecule has 4 heteroatoms. The van der Waals surface area contributed by atoms with E-state index in [1.54, 1.807) is 6.20 Å². The first-order valence-corrected chi connectivity index (χ1v) is 6.10. The summed E-state index contributed by atoms with van der Waals surface area (Å²) in [7, 11) is 2.05. The lowest BCUT2D eigenvalue weighted by atomic mass is 10.2. The third kappa shape index (κ3) is 3.20. The molecule has 1 aromatic heterocycles. The van der Waals surface area contributed by atoms with E-state index in [1.807, 2.05) is 37.5 Å². The zero-order valence-corrected chi connectivity index (χ0v) is 11.2. The van der Waals surface area contributed by atoms with Gasteiger partial charge in [0, 0.05) is 41.8 Å². The van der Waals surface area contributed by atoms with Crippen molar-refractivity contribution in [1.29, 1.82) is 0 Å². The first-order chi connectivity index (χ1) is 8.15. The summed E-state index contributed by atoms with van der Waals surface area (Å²) in [5.74, 6) is 0. The Kier molecular flexibility index (Phi) is 3.64. The molecular weight excluding hydrogens is 278 g/mol. The molecule has 17 heavy (non-hydrogen) atoms. The zero-order chi connectivity index (χ0) is 12.3. The third-order valence-corrected chi connectivity index (χ3v) is 2.95. The van der Waals surface area contributed by atoms with Gasteiger partial charge in [0.2, 0.25) is 0 Å². The second-order valence-corrected chi connectivity index (χ2v) is 4.87. The van der Waals surface area contributed by atoms with E-state index >= 15 is 0 Å². The molecule has 0 unspecified atom stereocenters. The summed E-state index contributed by atoms with van der Waals surface area (Å²) in [6, 6.07) is 9.91. The molecule has 88 valence electrons. The van der Waals surface area contributed by atoms with E-state index in [0.717, 1.165) is 22.4 Å². The fraction of sp³-hybridized carbons (Fsp3) is 0.154. The topological polar surface area (TPSA) is 42.2 Å². The highest BCUT2D eigenvalue weighted by Gasteiger charge is 2.02. The number of halogens is 1. The number of aromatic nitrogens is 1. The SMILES string of the molecule is CN(Cc1cncc(Br)c1)c1ccc(N)cc1. The lowest BCUT2D eigenvalue weighted by Crippen LogP contribution is -2.16. The van der Waals surface area contributed by atoms with Gasteiger partial charge in [-0.15, -0.1) is 0 Å². The number of pyridine rings is 1. The average Bonchev–Trinajstić information content (AvgIpc) is 2.29. The normalized spacial score (nSPS) is 10.2. The molecule has 0 aliphatic rings. The van der Waals surface area contributed by atoms with Crippen molar-refractivity contribution in [2.75, 3.05) is 17.7 Å². The predicted octanol–water partition coefficient (Wildman–Crippen LogP) is 3.06. The van der Waals surface area contributed by atoms with E-state index in [0.29, 0.717) is 0 Å². The molecule has 0 aliphatic carbocycles. The summed E-state index contributed by atoms with van der Waals surface area (Å²) < 4.78 is 1.00. The minimum atomic E-state index is 0.784. The van der Waals surface area contributed by atoms with Crippen LogP contribution in [0.15, 0.2) is 47.2 Å². The van der Waals surface area contributed by atoms with Crippen molar-refractivity contribution in [3.05, 3.63) is 52.8 Å². The van der Waals surface area contributed by atoms with E-state index in [4.69, 9.17) is 5.73 Å². The molecular formula is C13H14BrN3.